The van der Waals surface area contributed by atoms with Crippen molar-refractivity contribution in [1.82, 2.24) is 39.9 Å². The van der Waals surface area contributed by atoms with E-state index in [1.165, 1.54) is 0 Å². The predicted octanol–water partition coefficient (Wildman–Crippen LogP) is 7.63. The normalized spacial score (nSPS) is 11.7. The van der Waals surface area contributed by atoms with E-state index in [1.54, 1.807) is 0 Å². The number of fused-ring (bicyclic) bond motifs is 20. The van der Waals surface area contributed by atoms with Crippen molar-refractivity contribution in [2.24, 2.45) is 0 Å². The van der Waals surface area contributed by atoms with Crippen molar-refractivity contribution in [3.8, 4) is 45.6 Å². The standard InChI is InChI=1S/C32H17BrN8.Zn/c33-23-15-7-14-22-24(23)32-40-30-21-13-6-5-12-20(21)28(38-30)36-26-17-9-2-1-8-16(17)25(34-26)35-27-18-10-3-4-11-19(18)29(37-27)39-31(22)41-32;/h1-15H,(H2,34,35,36,37,38,39,40,41);. The Morgan fingerprint density at radius 3 is 1.29 bits per heavy atom. The molecule has 10 heteroatoms. The smallest absolute Gasteiger partial charge is 0.164 e. The molecule has 8 bridgehead atoms. The zero-order chi connectivity index (χ0) is 27.1. The summed E-state index contributed by atoms with van der Waals surface area (Å²) in [5.74, 6) is 2.34. The number of nitrogens with zero attached hydrogens (tertiary/aromatic N) is 6. The van der Waals surface area contributed by atoms with E-state index in [-0.39, 0.29) is 19.5 Å². The van der Waals surface area contributed by atoms with Gasteiger partial charge < -0.3 is 9.97 Å². The number of aromatic nitrogens is 8. The molecule has 2 N–H and O–H groups in total. The van der Waals surface area contributed by atoms with E-state index in [0.29, 0.717) is 45.9 Å². The van der Waals surface area contributed by atoms with Crippen molar-refractivity contribution in [1.29, 1.82) is 0 Å². The quantitative estimate of drug-likeness (QED) is 0.162. The minimum Gasteiger partial charge on any atom is -0.324 e. The van der Waals surface area contributed by atoms with Crippen molar-refractivity contribution in [2.45, 2.75) is 0 Å². The number of nitrogens with one attached hydrogen (secondary N) is 2. The first-order chi connectivity index (χ1) is 20.2. The molecular formula is C32H17BrN8Zn. The van der Waals surface area contributed by atoms with Gasteiger partial charge >= 0.3 is 0 Å². The van der Waals surface area contributed by atoms with Gasteiger partial charge in [-0.1, -0.05) is 101 Å². The van der Waals surface area contributed by atoms with Gasteiger partial charge in [0.05, 0.1) is 0 Å². The number of rotatable bonds is 0. The van der Waals surface area contributed by atoms with Crippen LogP contribution in [0.5, 0.6) is 0 Å². The van der Waals surface area contributed by atoms with E-state index in [2.05, 4.69) is 25.9 Å². The van der Waals surface area contributed by atoms with Crippen LogP contribution >= 0.6 is 15.9 Å². The number of hydrogen-bond donors (Lipinski definition) is 2. The molecule has 2 aliphatic rings. The summed E-state index contributed by atoms with van der Waals surface area (Å²) < 4.78 is 0.909. The van der Waals surface area contributed by atoms with Crippen molar-refractivity contribution >= 4 is 60.1 Å². The Morgan fingerprint density at radius 1 is 0.405 bits per heavy atom. The Hall–Kier alpha value is -4.66. The zero-order valence-electron chi connectivity index (χ0n) is 21.9. The van der Waals surface area contributed by atoms with Crippen molar-refractivity contribution in [3.05, 3.63) is 95.5 Å². The minimum absolute atomic E-state index is 0. The van der Waals surface area contributed by atoms with Gasteiger partial charge in [-0.25, -0.2) is 29.9 Å². The minimum atomic E-state index is 0. The second-order valence-electron chi connectivity index (χ2n) is 9.91. The zero-order valence-corrected chi connectivity index (χ0v) is 26.5. The molecule has 0 aliphatic carbocycles. The summed E-state index contributed by atoms with van der Waals surface area (Å²) >= 11 is 3.73. The van der Waals surface area contributed by atoms with E-state index >= 15 is 0 Å². The average molecular weight is 659 g/mol. The van der Waals surface area contributed by atoms with E-state index < -0.39 is 0 Å². The SMILES string of the molecule is Brc1cccc2c3nc4nc(nc5[nH]c(nc6nc(nc([nH]3)c12)-c1ccccc1-6)c1ccccc51)-c1ccccc1-4.[Zn]. The maximum Gasteiger partial charge on any atom is 0.164 e. The molecule has 42 heavy (non-hydrogen) atoms. The van der Waals surface area contributed by atoms with Crippen molar-refractivity contribution in [2.75, 3.05) is 0 Å². The molecule has 3 aromatic heterocycles. The van der Waals surface area contributed by atoms with Crippen LogP contribution in [0, 0.1) is 0 Å². The van der Waals surface area contributed by atoms with Gasteiger partial charge in [-0.3, -0.25) is 0 Å². The van der Waals surface area contributed by atoms with E-state index in [0.717, 1.165) is 48.3 Å². The fourth-order valence-corrected chi connectivity index (χ4v) is 6.20. The third-order valence-electron chi connectivity index (χ3n) is 7.53. The Morgan fingerprint density at radius 2 is 0.786 bits per heavy atom. The Balaban J connectivity index is 0.00000267. The van der Waals surface area contributed by atoms with E-state index in [9.17, 15) is 0 Å². The molecule has 194 valence electrons. The Bertz CT molecular complexity index is 2410. The predicted molar refractivity (Wildman–Crippen MR) is 164 cm³/mol. The van der Waals surface area contributed by atoms with Crippen LogP contribution in [-0.4, -0.2) is 39.9 Å². The summed E-state index contributed by atoms with van der Waals surface area (Å²) in [5.41, 5.74) is 6.34. The summed E-state index contributed by atoms with van der Waals surface area (Å²) in [7, 11) is 0. The molecule has 8 nitrogen and oxygen atoms in total. The molecule has 0 amide bonds. The number of halogens is 1. The van der Waals surface area contributed by atoms with E-state index in [1.807, 2.05) is 91.0 Å². The molecule has 4 aromatic carbocycles. The number of benzene rings is 4. The maximum absolute atomic E-state index is 5.05. The molecule has 5 heterocycles. The van der Waals surface area contributed by atoms with Gasteiger partial charge in [0.2, 0.25) is 0 Å². The first kappa shape index (κ1) is 25.1. The molecule has 0 saturated carbocycles. The van der Waals surface area contributed by atoms with Crippen LogP contribution in [0.4, 0.5) is 0 Å². The van der Waals surface area contributed by atoms with Gasteiger partial charge in [-0.05, 0) is 6.07 Å². The monoisotopic (exact) mass is 656 g/mol. The third kappa shape index (κ3) is 3.69. The van der Waals surface area contributed by atoms with Crippen LogP contribution in [0.15, 0.2) is 95.5 Å². The summed E-state index contributed by atoms with van der Waals surface area (Å²) in [6.45, 7) is 0. The van der Waals surface area contributed by atoms with Crippen molar-refractivity contribution in [3.63, 3.8) is 0 Å². The first-order valence-electron chi connectivity index (χ1n) is 13.1. The maximum atomic E-state index is 5.05. The van der Waals surface area contributed by atoms with Gasteiger partial charge in [0.1, 0.15) is 22.6 Å². The van der Waals surface area contributed by atoms with Crippen LogP contribution in [0.3, 0.4) is 0 Å². The fourth-order valence-electron chi connectivity index (χ4n) is 5.65. The van der Waals surface area contributed by atoms with Gasteiger partial charge in [-0.2, -0.15) is 0 Å². The van der Waals surface area contributed by atoms with Gasteiger partial charge in [0, 0.05) is 67.7 Å². The average Bonchev–Trinajstić information content (AvgIpc) is 3.73. The van der Waals surface area contributed by atoms with Crippen LogP contribution in [0.1, 0.15) is 0 Å². The van der Waals surface area contributed by atoms with Crippen LogP contribution in [0.2, 0.25) is 0 Å². The molecular weight excluding hydrogens is 642 g/mol. The van der Waals surface area contributed by atoms with Gasteiger partial charge in [-0.15, -0.1) is 0 Å². The summed E-state index contributed by atoms with van der Waals surface area (Å²) in [6.07, 6.45) is 0. The van der Waals surface area contributed by atoms with Crippen LogP contribution in [0.25, 0.3) is 89.7 Å². The summed E-state index contributed by atoms with van der Waals surface area (Å²) in [5, 5.41) is 3.74. The molecule has 0 unspecified atom stereocenters. The molecule has 0 atom stereocenters. The van der Waals surface area contributed by atoms with Gasteiger partial charge in [0.15, 0.2) is 23.3 Å². The number of H-pyrrole nitrogens is 2. The second kappa shape index (κ2) is 9.44. The number of aromatic amines is 2. The van der Waals surface area contributed by atoms with Crippen LogP contribution in [-0.2, 0) is 19.5 Å². The first-order valence-corrected chi connectivity index (χ1v) is 13.9. The third-order valence-corrected chi connectivity index (χ3v) is 8.19. The molecule has 0 spiro atoms. The molecule has 9 rings (SSSR count). The van der Waals surface area contributed by atoms with Crippen molar-refractivity contribution < 1.29 is 19.5 Å². The molecule has 0 fully saturated rings. The topological polar surface area (TPSA) is 109 Å². The summed E-state index contributed by atoms with van der Waals surface area (Å²) in [6, 6.07) is 30.1. The molecule has 2 aliphatic heterocycles. The molecule has 7 aromatic rings. The van der Waals surface area contributed by atoms with Gasteiger partial charge in [0.25, 0.3) is 0 Å². The second-order valence-corrected chi connectivity index (χ2v) is 10.8. The molecule has 0 saturated heterocycles. The fraction of sp³-hybridized carbons (Fsp3) is 0. The number of hydrogen-bond acceptors (Lipinski definition) is 6. The Labute approximate surface area is 259 Å². The molecule has 0 radical (unpaired) electrons. The van der Waals surface area contributed by atoms with E-state index in [4.69, 9.17) is 29.9 Å². The van der Waals surface area contributed by atoms with Crippen LogP contribution < -0.4 is 0 Å². The Kier molecular flexibility index (Phi) is 5.64. The largest absolute Gasteiger partial charge is 0.324 e. The summed E-state index contributed by atoms with van der Waals surface area (Å²) in [4.78, 5) is 36.9.